The first-order valence-electron chi connectivity index (χ1n) is 8.78. The maximum atomic E-state index is 12.1. The van der Waals surface area contributed by atoms with Crippen molar-refractivity contribution in [3.05, 3.63) is 41.7 Å². The topological polar surface area (TPSA) is 205 Å². The molecule has 16 heteroatoms. The summed E-state index contributed by atoms with van der Waals surface area (Å²) in [6, 6.07) is 2.66. The number of nitrogens with one attached hydrogen (secondary N) is 1. The second kappa shape index (κ2) is 9.68. The molecule has 3 atom stereocenters. The van der Waals surface area contributed by atoms with Crippen LogP contribution in [0.2, 0.25) is 5.15 Å². The molecule has 3 rings (SSSR count). The summed E-state index contributed by atoms with van der Waals surface area (Å²) >= 11 is 5.76. The Morgan fingerprint density at radius 2 is 2.06 bits per heavy atom. The molecular formula is C16H18ClN7O7S. The van der Waals surface area contributed by atoms with Gasteiger partial charge < -0.3 is 20.7 Å². The molecule has 0 bridgehead atoms. The van der Waals surface area contributed by atoms with E-state index in [1.807, 2.05) is 0 Å². The lowest BCUT2D eigenvalue weighted by atomic mass is 10.2. The average molecular weight is 488 g/mol. The smallest absolute Gasteiger partial charge is 0.362 e. The number of imidazole rings is 1. The zero-order valence-electron chi connectivity index (χ0n) is 16.4. The van der Waals surface area contributed by atoms with E-state index < -0.39 is 41.3 Å². The number of rotatable bonds is 9. The molecule has 0 aromatic carbocycles. The fourth-order valence-corrected chi connectivity index (χ4v) is 3.55. The molecule has 0 saturated carbocycles. The number of fused-ring (bicyclic) bond motifs is 1. The molecule has 0 aliphatic carbocycles. The van der Waals surface area contributed by atoms with E-state index in [9.17, 15) is 23.4 Å². The number of methoxy groups -OCH3 is 1. The predicted molar refractivity (Wildman–Crippen MR) is 109 cm³/mol. The number of aromatic nitrogens is 5. The van der Waals surface area contributed by atoms with Crippen molar-refractivity contribution in [3.63, 3.8) is 0 Å². The molecule has 0 fully saturated rings. The number of hydrogen-bond donors (Lipinski definition) is 4. The van der Waals surface area contributed by atoms with Crippen LogP contribution in [-0.4, -0.2) is 75.0 Å². The largest absolute Gasteiger partial charge is 0.386 e. The van der Waals surface area contributed by atoms with Gasteiger partial charge in [0.2, 0.25) is 0 Å². The molecule has 14 nitrogen and oxygen atoms in total. The second-order valence-corrected chi connectivity index (χ2v) is 7.98. The third kappa shape index (κ3) is 5.09. The van der Waals surface area contributed by atoms with E-state index in [1.165, 1.54) is 24.7 Å². The molecule has 3 aromatic rings. The van der Waals surface area contributed by atoms with Crippen molar-refractivity contribution in [2.24, 2.45) is 0 Å². The number of halogens is 1. The van der Waals surface area contributed by atoms with E-state index in [0.717, 1.165) is 18.0 Å². The Kier molecular flexibility index (Phi) is 7.17. The lowest BCUT2D eigenvalue weighted by Crippen LogP contribution is -2.41. The second-order valence-electron chi connectivity index (χ2n) is 6.27. The van der Waals surface area contributed by atoms with Crippen LogP contribution in [0.3, 0.4) is 0 Å². The van der Waals surface area contributed by atoms with Gasteiger partial charge in [-0.15, -0.1) is 0 Å². The van der Waals surface area contributed by atoms with Crippen LogP contribution >= 0.6 is 11.6 Å². The standard InChI is InChI=1S/C16H18ClN7O7S/c1-30-9(5-31-32(28,29)23-15(26)8-3-2-4-19-12(8)17)11(25)16(27)24-7-22-10-13(18)20-6-21-14(10)24/h2-4,6-7,9,11,16,25,27H,5H2,1H3,(H,23,26)(H2,18,20,21)/t9-,11-,16-/m1/s1. The molecule has 0 aliphatic heterocycles. The quantitative estimate of drug-likeness (QED) is 0.268. The van der Waals surface area contributed by atoms with E-state index in [4.69, 9.17) is 26.3 Å². The van der Waals surface area contributed by atoms with Gasteiger partial charge in [-0.3, -0.25) is 13.5 Å². The summed E-state index contributed by atoms with van der Waals surface area (Å²) in [5, 5.41) is 20.8. The first kappa shape index (κ1) is 23.7. The van der Waals surface area contributed by atoms with Gasteiger partial charge in [0.15, 0.2) is 17.7 Å². The summed E-state index contributed by atoms with van der Waals surface area (Å²) in [6.45, 7) is -0.748. The number of aliphatic hydroxyl groups excluding tert-OH is 2. The molecule has 32 heavy (non-hydrogen) atoms. The Bertz CT molecular complexity index is 1220. The summed E-state index contributed by atoms with van der Waals surface area (Å²) in [6.07, 6.45) is -1.04. The highest BCUT2D eigenvalue weighted by Gasteiger charge is 2.31. The van der Waals surface area contributed by atoms with Gasteiger partial charge in [-0.05, 0) is 12.1 Å². The Balaban J connectivity index is 1.68. The summed E-state index contributed by atoms with van der Waals surface area (Å²) in [5.74, 6) is -1.00. The first-order valence-corrected chi connectivity index (χ1v) is 10.6. The number of carbonyl (C=O) groups is 1. The number of pyridine rings is 1. The molecule has 3 aromatic heterocycles. The van der Waals surface area contributed by atoms with Crippen molar-refractivity contribution in [2.45, 2.75) is 18.4 Å². The lowest BCUT2D eigenvalue weighted by Gasteiger charge is -2.26. The van der Waals surface area contributed by atoms with Crippen molar-refractivity contribution < 1.29 is 32.3 Å². The summed E-state index contributed by atoms with van der Waals surface area (Å²) < 4.78 is 36.8. The van der Waals surface area contributed by atoms with Gasteiger partial charge in [0.05, 0.1) is 18.5 Å². The van der Waals surface area contributed by atoms with Gasteiger partial charge >= 0.3 is 10.3 Å². The van der Waals surface area contributed by atoms with E-state index in [2.05, 4.69) is 19.9 Å². The van der Waals surface area contributed by atoms with Crippen LogP contribution in [0, 0.1) is 0 Å². The SMILES string of the molecule is CO[C@H](COS(=O)(=O)NC(=O)c1cccnc1Cl)[C@@H](O)[C@@H](O)n1cnc2c(N)ncnc21. The molecular weight excluding hydrogens is 470 g/mol. The summed E-state index contributed by atoms with van der Waals surface area (Å²) in [5.41, 5.74) is 5.83. The maximum absolute atomic E-state index is 12.1. The van der Waals surface area contributed by atoms with Gasteiger partial charge in [0.25, 0.3) is 5.91 Å². The molecule has 5 N–H and O–H groups in total. The highest BCUT2D eigenvalue weighted by Crippen LogP contribution is 2.21. The molecule has 0 aliphatic rings. The van der Waals surface area contributed by atoms with Gasteiger partial charge in [0, 0.05) is 13.3 Å². The summed E-state index contributed by atoms with van der Waals surface area (Å²) in [4.78, 5) is 27.5. The van der Waals surface area contributed by atoms with Gasteiger partial charge in [-0.2, -0.15) is 8.42 Å². The number of ether oxygens (including phenoxy) is 1. The van der Waals surface area contributed by atoms with E-state index >= 15 is 0 Å². The summed E-state index contributed by atoms with van der Waals surface area (Å²) in [7, 11) is -3.46. The Hall–Kier alpha value is -2.95. The van der Waals surface area contributed by atoms with Gasteiger partial charge in [0.1, 0.15) is 29.2 Å². The Morgan fingerprint density at radius 1 is 1.31 bits per heavy atom. The van der Waals surface area contributed by atoms with Crippen LogP contribution in [0.1, 0.15) is 16.6 Å². The van der Waals surface area contributed by atoms with E-state index in [0.29, 0.717) is 0 Å². The average Bonchev–Trinajstić information content (AvgIpc) is 3.18. The Morgan fingerprint density at radius 3 is 2.75 bits per heavy atom. The van der Waals surface area contributed by atoms with Crippen molar-refractivity contribution in [1.82, 2.24) is 29.2 Å². The fraction of sp³-hybridized carbons (Fsp3) is 0.312. The normalized spacial score (nSPS) is 14.8. The number of amides is 1. The minimum atomic E-state index is -4.62. The molecule has 0 unspecified atom stereocenters. The van der Waals surface area contributed by atoms with Gasteiger partial charge in [-0.25, -0.2) is 24.7 Å². The van der Waals surface area contributed by atoms with Crippen LogP contribution in [0.4, 0.5) is 5.82 Å². The molecule has 1 amide bonds. The third-order valence-electron chi connectivity index (χ3n) is 4.27. The monoisotopic (exact) mass is 487 g/mol. The number of nitrogens with two attached hydrogens (primary N) is 1. The zero-order valence-corrected chi connectivity index (χ0v) is 17.9. The Labute approximate surface area is 186 Å². The zero-order chi connectivity index (χ0) is 23.5. The van der Waals surface area contributed by atoms with Crippen LogP contribution in [0.25, 0.3) is 11.2 Å². The molecule has 0 saturated heterocycles. The van der Waals surface area contributed by atoms with Crippen molar-refractivity contribution in [1.29, 1.82) is 0 Å². The van der Waals surface area contributed by atoms with E-state index in [1.54, 1.807) is 4.72 Å². The molecule has 172 valence electrons. The third-order valence-corrected chi connectivity index (χ3v) is 5.45. The van der Waals surface area contributed by atoms with Crippen molar-refractivity contribution in [2.75, 3.05) is 19.5 Å². The maximum Gasteiger partial charge on any atom is 0.362 e. The van der Waals surface area contributed by atoms with Crippen molar-refractivity contribution >= 4 is 44.8 Å². The lowest BCUT2D eigenvalue weighted by molar-refractivity contribution is -0.112. The number of nitrogens with zero attached hydrogens (tertiary/aromatic N) is 5. The predicted octanol–water partition coefficient (Wildman–Crippen LogP) is -0.985. The van der Waals surface area contributed by atoms with E-state index in [-0.39, 0.29) is 27.7 Å². The van der Waals surface area contributed by atoms with Gasteiger partial charge in [-0.1, -0.05) is 11.6 Å². The highest BCUT2D eigenvalue weighted by molar-refractivity contribution is 7.85. The number of nitrogen functional groups attached to an aromatic ring is 1. The fourth-order valence-electron chi connectivity index (χ4n) is 2.64. The van der Waals surface area contributed by atoms with Crippen molar-refractivity contribution in [3.8, 4) is 0 Å². The number of carbonyl (C=O) groups excluding carboxylic acids is 1. The van der Waals surface area contributed by atoms with Crippen LogP contribution in [0.15, 0.2) is 31.0 Å². The minimum absolute atomic E-state index is 0.0672. The van der Waals surface area contributed by atoms with Crippen LogP contribution in [-0.2, 0) is 19.2 Å². The number of anilines is 1. The molecule has 0 radical (unpaired) electrons. The minimum Gasteiger partial charge on any atom is -0.386 e. The highest BCUT2D eigenvalue weighted by atomic mass is 35.5. The number of hydrogen-bond acceptors (Lipinski definition) is 12. The first-order chi connectivity index (χ1) is 15.1. The van der Waals surface area contributed by atoms with Crippen LogP contribution < -0.4 is 10.5 Å². The molecule has 0 spiro atoms. The van der Waals surface area contributed by atoms with Crippen LogP contribution in [0.5, 0.6) is 0 Å². The molecule has 3 heterocycles. The number of aliphatic hydroxyl groups is 2.